The lowest BCUT2D eigenvalue weighted by molar-refractivity contribution is -0.121. The van der Waals surface area contributed by atoms with E-state index >= 15 is 0 Å². The summed E-state index contributed by atoms with van der Waals surface area (Å²) in [6.45, 7) is 4.53. The van der Waals surface area contributed by atoms with Crippen LogP contribution in [-0.2, 0) is 20.2 Å². The number of ether oxygens (including phenoxy) is 1. The molecule has 2 heterocycles. The molecule has 0 atom stereocenters. The van der Waals surface area contributed by atoms with E-state index in [1.165, 1.54) is 12.3 Å². The fourth-order valence-corrected chi connectivity index (χ4v) is 4.99. The highest BCUT2D eigenvalue weighted by Gasteiger charge is 2.54. The van der Waals surface area contributed by atoms with Crippen LogP contribution < -0.4 is 9.46 Å². The third-order valence-electron chi connectivity index (χ3n) is 5.22. The quantitative estimate of drug-likeness (QED) is 0.539. The SMILES string of the molecule is CC(C)COc1cnc(Cl)c(C2(C(=O)NS(=O)(=O)c3cccc4ncccc34)CC2)c1. The van der Waals surface area contributed by atoms with Crippen molar-refractivity contribution >= 4 is 38.4 Å². The Morgan fingerprint density at radius 3 is 2.71 bits per heavy atom. The first-order valence-corrected chi connectivity index (χ1v) is 11.8. The van der Waals surface area contributed by atoms with Gasteiger partial charge in [0.2, 0.25) is 5.91 Å². The van der Waals surface area contributed by atoms with E-state index in [9.17, 15) is 13.2 Å². The van der Waals surface area contributed by atoms with Crippen molar-refractivity contribution in [3.05, 3.63) is 59.5 Å². The van der Waals surface area contributed by atoms with Crippen LogP contribution in [-0.4, -0.2) is 30.9 Å². The van der Waals surface area contributed by atoms with Crippen molar-refractivity contribution < 1.29 is 17.9 Å². The molecule has 1 saturated carbocycles. The van der Waals surface area contributed by atoms with Crippen molar-refractivity contribution in [2.75, 3.05) is 6.61 Å². The molecule has 0 spiro atoms. The second-order valence-corrected chi connectivity index (χ2v) is 10.1. The van der Waals surface area contributed by atoms with Gasteiger partial charge < -0.3 is 4.74 Å². The Morgan fingerprint density at radius 1 is 1.23 bits per heavy atom. The molecule has 7 nitrogen and oxygen atoms in total. The van der Waals surface area contributed by atoms with Crippen LogP contribution in [0.4, 0.5) is 0 Å². The Morgan fingerprint density at radius 2 is 2.00 bits per heavy atom. The van der Waals surface area contributed by atoms with E-state index < -0.39 is 21.3 Å². The minimum Gasteiger partial charge on any atom is -0.492 e. The fraction of sp³-hybridized carbons (Fsp3) is 0.318. The molecule has 9 heteroatoms. The molecule has 31 heavy (non-hydrogen) atoms. The Bertz CT molecular complexity index is 1250. The molecule has 1 N–H and O–H groups in total. The number of aromatic nitrogens is 2. The fourth-order valence-electron chi connectivity index (χ4n) is 3.43. The molecule has 0 unspecified atom stereocenters. The number of halogens is 1. The zero-order valence-corrected chi connectivity index (χ0v) is 18.7. The molecule has 0 aliphatic heterocycles. The normalized spacial score (nSPS) is 15.1. The van der Waals surface area contributed by atoms with Crippen molar-refractivity contribution in [1.82, 2.24) is 14.7 Å². The van der Waals surface area contributed by atoms with E-state index in [1.807, 2.05) is 13.8 Å². The lowest BCUT2D eigenvalue weighted by Crippen LogP contribution is -2.39. The Labute approximate surface area is 185 Å². The number of rotatable bonds is 7. The van der Waals surface area contributed by atoms with Crippen LogP contribution in [0.5, 0.6) is 5.75 Å². The van der Waals surface area contributed by atoms with E-state index in [1.54, 1.807) is 36.5 Å². The maximum atomic E-state index is 13.1. The lowest BCUT2D eigenvalue weighted by atomic mass is 9.97. The lowest BCUT2D eigenvalue weighted by Gasteiger charge is -2.18. The predicted molar refractivity (Wildman–Crippen MR) is 118 cm³/mol. The topological polar surface area (TPSA) is 98.2 Å². The number of fused-ring (bicyclic) bond motifs is 1. The Kier molecular flexibility index (Phi) is 5.61. The number of hydrogen-bond donors (Lipinski definition) is 1. The van der Waals surface area contributed by atoms with Gasteiger partial charge in [0.05, 0.1) is 28.6 Å². The number of pyridine rings is 2. The minimum atomic E-state index is -4.12. The highest BCUT2D eigenvalue weighted by atomic mass is 35.5. The van der Waals surface area contributed by atoms with Crippen molar-refractivity contribution in [2.24, 2.45) is 5.92 Å². The number of nitrogens with zero attached hydrogens (tertiary/aromatic N) is 2. The summed E-state index contributed by atoms with van der Waals surface area (Å²) >= 11 is 6.29. The van der Waals surface area contributed by atoms with E-state index in [4.69, 9.17) is 16.3 Å². The average Bonchev–Trinajstić information content (AvgIpc) is 3.54. The van der Waals surface area contributed by atoms with Gasteiger partial charge in [-0.15, -0.1) is 0 Å². The van der Waals surface area contributed by atoms with Gasteiger partial charge in [0.15, 0.2) is 0 Å². The summed E-state index contributed by atoms with van der Waals surface area (Å²) in [7, 11) is -4.12. The molecule has 1 aromatic carbocycles. The van der Waals surface area contributed by atoms with Crippen LogP contribution in [0.25, 0.3) is 10.9 Å². The van der Waals surface area contributed by atoms with Gasteiger partial charge in [-0.05, 0) is 49.1 Å². The maximum absolute atomic E-state index is 13.1. The van der Waals surface area contributed by atoms with Crippen molar-refractivity contribution in [3.8, 4) is 5.75 Å². The second-order valence-electron chi connectivity index (χ2n) is 8.06. The summed E-state index contributed by atoms with van der Waals surface area (Å²) in [5.74, 6) is 0.186. The molecular formula is C22H22ClN3O4S. The summed E-state index contributed by atoms with van der Waals surface area (Å²) in [6, 6.07) is 9.75. The van der Waals surface area contributed by atoms with E-state index in [0.29, 0.717) is 47.6 Å². The number of amides is 1. The zero-order valence-electron chi connectivity index (χ0n) is 17.1. The van der Waals surface area contributed by atoms with Crippen LogP contribution in [0, 0.1) is 5.92 Å². The van der Waals surface area contributed by atoms with Gasteiger partial charge in [0.25, 0.3) is 10.0 Å². The van der Waals surface area contributed by atoms with E-state index in [0.717, 1.165) is 0 Å². The first kappa shape index (κ1) is 21.5. The molecule has 1 aliphatic rings. The molecule has 1 amide bonds. The Hall–Kier alpha value is -2.71. The van der Waals surface area contributed by atoms with Crippen LogP contribution in [0.2, 0.25) is 5.15 Å². The van der Waals surface area contributed by atoms with Crippen molar-refractivity contribution in [1.29, 1.82) is 0 Å². The predicted octanol–water partition coefficient (Wildman–Crippen LogP) is 3.85. The molecule has 0 saturated heterocycles. The van der Waals surface area contributed by atoms with Crippen LogP contribution in [0.15, 0.2) is 53.7 Å². The van der Waals surface area contributed by atoms with E-state index in [-0.39, 0.29) is 10.0 Å². The zero-order chi connectivity index (χ0) is 22.2. The van der Waals surface area contributed by atoms with Gasteiger partial charge in [-0.2, -0.15) is 0 Å². The molecule has 1 aliphatic carbocycles. The number of sulfonamides is 1. The monoisotopic (exact) mass is 459 g/mol. The van der Waals surface area contributed by atoms with E-state index in [2.05, 4.69) is 14.7 Å². The Balaban J connectivity index is 1.63. The third kappa shape index (κ3) is 4.22. The first-order valence-electron chi connectivity index (χ1n) is 9.93. The van der Waals surface area contributed by atoms with Crippen LogP contribution in [0.3, 0.4) is 0 Å². The summed E-state index contributed by atoms with van der Waals surface area (Å²) in [4.78, 5) is 21.5. The molecule has 0 radical (unpaired) electrons. The standard InChI is InChI=1S/C22H22ClN3O4S/c1-14(2)13-30-15-11-17(20(23)25-12-15)22(8-9-22)21(27)26-31(28,29)19-7-3-6-18-16(19)5-4-10-24-18/h3-7,10-12,14H,8-9,13H2,1-2H3,(H,26,27). The number of carbonyl (C=O) groups excluding carboxylic acids is 1. The van der Waals surface area contributed by atoms with Crippen molar-refractivity contribution in [2.45, 2.75) is 37.0 Å². The molecule has 162 valence electrons. The summed E-state index contributed by atoms with van der Waals surface area (Å²) in [6.07, 6.45) is 4.03. The molecule has 2 aromatic heterocycles. The second kappa shape index (κ2) is 8.09. The number of benzene rings is 1. The molecule has 4 rings (SSSR count). The number of hydrogen-bond acceptors (Lipinski definition) is 6. The highest BCUT2D eigenvalue weighted by molar-refractivity contribution is 7.90. The summed E-state index contributed by atoms with van der Waals surface area (Å²) < 4.78 is 34.1. The summed E-state index contributed by atoms with van der Waals surface area (Å²) in [5.41, 5.74) is -0.0408. The van der Waals surface area contributed by atoms with Gasteiger partial charge in [-0.25, -0.2) is 18.1 Å². The van der Waals surface area contributed by atoms with Gasteiger partial charge >= 0.3 is 0 Å². The van der Waals surface area contributed by atoms with Gasteiger partial charge in [-0.1, -0.05) is 31.5 Å². The van der Waals surface area contributed by atoms with Gasteiger partial charge in [0.1, 0.15) is 10.9 Å². The van der Waals surface area contributed by atoms with Gasteiger partial charge in [0, 0.05) is 17.1 Å². The number of carbonyl (C=O) groups is 1. The van der Waals surface area contributed by atoms with Crippen LogP contribution >= 0.6 is 11.6 Å². The highest BCUT2D eigenvalue weighted by Crippen LogP contribution is 2.51. The minimum absolute atomic E-state index is 0.000453. The van der Waals surface area contributed by atoms with Crippen LogP contribution in [0.1, 0.15) is 32.3 Å². The van der Waals surface area contributed by atoms with Crippen molar-refractivity contribution in [3.63, 3.8) is 0 Å². The molecule has 3 aromatic rings. The summed E-state index contributed by atoms with van der Waals surface area (Å²) in [5, 5.41) is 0.607. The largest absolute Gasteiger partial charge is 0.492 e. The molecule has 0 bridgehead atoms. The first-order chi connectivity index (χ1) is 14.7. The third-order valence-corrected chi connectivity index (χ3v) is 6.91. The van der Waals surface area contributed by atoms with Gasteiger partial charge in [-0.3, -0.25) is 9.78 Å². The number of nitrogens with one attached hydrogen (secondary N) is 1. The smallest absolute Gasteiger partial charge is 0.264 e. The molecular weight excluding hydrogens is 438 g/mol. The molecule has 1 fully saturated rings. The average molecular weight is 460 g/mol. The maximum Gasteiger partial charge on any atom is 0.264 e.